The number of hydrogen-bond donors (Lipinski definition) is 1. The van der Waals surface area contributed by atoms with E-state index in [4.69, 9.17) is 11.6 Å². The van der Waals surface area contributed by atoms with Crippen LogP contribution in [0.4, 0.5) is 5.69 Å². The average Bonchev–Trinajstić information content (AvgIpc) is 2.47. The Morgan fingerprint density at radius 1 is 1.35 bits per heavy atom. The Balaban J connectivity index is 2.30. The number of benzene rings is 1. The topological polar surface area (TPSA) is 58.5 Å². The highest BCUT2D eigenvalue weighted by molar-refractivity contribution is 6.24. The summed E-state index contributed by atoms with van der Waals surface area (Å²) in [6.07, 6.45) is 3.22. The maximum absolute atomic E-state index is 12.2. The number of amides is 2. The number of carbonyl (C=O) groups is 2. The van der Waals surface area contributed by atoms with Crippen LogP contribution in [0.5, 0.6) is 0 Å². The number of nitrogens with one attached hydrogen (secondary N) is 1. The fraction of sp³-hybridized carbons (Fsp3) is 0.400. The van der Waals surface area contributed by atoms with E-state index in [2.05, 4.69) is 10.3 Å². The molecule has 1 aliphatic heterocycles. The average molecular weight is 293 g/mol. The molecule has 2 rings (SSSR count). The van der Waals surface area contributed by atoms with Crippen LogP contribution in [-0.4, -0.2) is 23.9 Å². The van der Waals surface area contributed by atoms with Gasteiger partial charge in [0.2, 0.25) is 11.8 Å². The largest absolute Gasteiger partial charge is 0.296 e. The van der Waals surface area contributed by atoms with E-state index in [1.165, 1.54) is 0 Å². The molecule has 2 amide bonds. The van der Waals surface area contributed by atoms with Crippen molar-refractivity contribution in [1.29, 1.82) is 0 Å². The number of alkyl halides is 1. The molecule has 1 atom stereocenters. The Labute approximate surface area is 123 Å². The van der Waals surface area contributed by atoms with E-state index in [1.54, 1.807) is 6.21 Å². The van der Waals surface area contributed by atoms with E-state index >= 15 is 0 Å². The lowest BCUT2D eigenvalue weighted by Gasteiger charge is -2.34. The van der Waals surface area contributed by atoms with Gasteiger partial charge in [-0.3, -0.25) is 19.9 Å². The van der Waals surface area contributed by atoms with Crippen molar-refractivity contribution in [3.05, 3.63) is 29.8 Å². The number of nitrogens with zero attached hydrogens (tertiary/aromatic N) is 1. The van der Waals surface area contributed by atoms with Crippen LogP contribution in [-0.2, 0) is 15.0 Å². The third-order valence-electron chi connectivity index (χ3n) is 3.80. The lowest BCUT2D eigenvalue weighted by Crippen LogP contribution is -2.51. The van der Waals surface area contributed by atoms with Crippen LogP contribution < -0.4 is 5.32 Å². The number of aliphatic imine (C=N–C) groups is 1. The zero-order valence-electron chi connectivity index (χ0n) is 11.4. The quantitative estimate of drug-likeness (QED) is 0.527. The van der Waals surface area contributed by atoms with E-state index < -0.39 is 5.41 Å². The first-order chi connectivity index (χ1) is 9.62. The lowest BCUT2D eigenvalue weighted by molar-refractivity contribution is -0.138. The van der Waals surface area contributed by atoms with Crippen LogP contribution in [0.3, 0.4) is 0 Å². The van der Waals surface area contributed by atoms with Crippen molar-refractivity contribution in [2.24, 2.45) is 4.99 Å². The van der Waals surface area contributed by atoms with Gasteiger partial charge in [0.15, 0.2) is 0 Å². The van der Waals surface area contributed by atoms with Crippen molar-refractivity contribution in [3.63, 3.8) is 0 Å². The number of hydrogen-bond acceptors (Lipinski definition) is 3. The smallest absolute Gasteiger partial charge is 0.237 e. The number of piperidine rings is 1. The van der Waals surface area contributed by atoms with Crippen molar-refractivity contribution < 1.29 is 9.59 Å². The first-order valence-electron chi connectivity index (χ1n) is 6.65. The van der Waals surface area contributed by atoms with E-state index in [0.29, 0.717) is 25.1 Å². The molecule has 0 unspecified atom stereocenters. The Bertz CT molecular complexity index is 539. The molecule has 0 saturated carbocycles. The number of rotatable bonds is 4. The van der Waals surface area contributed by atoms with Gasteiger partial charge >= 0.3 is 0 Å². The summed E-state index contributed by atoms with van der Waals surface area (Å²) in [5, 5.41) is 2.44. The Kier molecular flexibility index (Phi) is 4.55. The minimum absolute atomic E-state index is 0.192. The molecule has 1 saturated heterocycles. The third kappa shape index (κ3) is 2.75. The molecule has 0 radical (unpaired) electrons. The van der Waals surface area contributed by atoms with Crippen molar-refractivity contribution >= 4 is 35.3 Å². The summed E-state index contributed by atoms with van der Waals surface area (Å²) >= 11 is 5.55. The first kappa shape index (κ1) is 14.7. The van der Waals surface area contributed by atoms with Gasteiger partial charge in [-0.05, 0) is 30.5 Å². The van der Waals surface area contributed by atoms with Crippen molar-refractivity contribution in [1.82, 2.24) is 5.32 Å². The van der Waals surface area contributed by atoms with Crippen LogP contribution in [0.1, 0.15) is 31.7 Å². The zero-order chi connectivity index (χ0) is 14.6. The molecule has 1 aromatic carbocycles. The summed E-state index contributed by atoms with van der Waals surface area (Å²) < 4.78 is 0. The molecule has 1 fully saturated rings. The van der Waals surface area contributed by atoms with E-state index in [-0.39, 0.29) is 11.8 Å². The molecule has 4 nitrogen and oxygen atoms in total. The molecular formula is C15H17ClN2O2. The monoisotopic (exact) mass is 292 g/mol. The summed E-state index contributed by atoms with van der Waals surface area (Å²) in [6, 6.07) is 7.53. The predicted molar refractivity (Wildman–Crippen MR) is 79.7 cm³/mol. The molecule has 0 aliphatic carbocycles. The minimum atomic E-state index is -0.608. The Hall–Kier alpha value is -1.68. The SMILES string of the molecule is CC[C@@]1(c2ccc(N=CCCl)cc2)CCC(=O)NC1=O. The summed E-state index contributed by atoms with van der Waals surface area (Å²) in [7, 11) is 0. The van der Waals surface area contributed by atoms with Crippen LogP contribution >= 0.6 is 11.6 Å². The van der Waals surface area contributed by atoms with E-state index in [1.807, 2.05) is 31.2 Å². The number of halogens is 1. The lowest BCUT2D eigenvalue weighted by atomic mass is 9.72. The van der Waals surface area contributed by atoms with Gasteiger partial charge in [-0.15, -0.1) is 11.6 Å². The van der Waals surface area contributed by atoms with Gasteiger partial charge in [-0.1, -0.05) is 19.1 Å². The van der Waals surface area contributed by atoms with Crippen molar-refractivity contribution in [3.8, 4) is 0 Å². The fourth-order valence-electron chi connectivity index (χ4n) is 2.57. The molecule has 5 heteroatoms. The first-order valence-corrected chi connectivity index (χ1v) is 7.19. The second kappa shape index (κ2) is 6.18. The third-order valence-corrected chi connectivity index (χ3v) is 3.94. The molecule has 106 valence electrons. The maximum Gasteiger partial charge on any atom is 0.237 e. The van der Waals surface area contributed by atoms with Gasteiger partial charge in [0.25, 0.3) is 0 Å². The van der Waals surface area contributed by atoms with Gasteiger partial charge < -0.3 is 0 Å². The second-order valence-corrected chi connectivity index (χ2v) is 5.13. The molecule has 1 heterocycles. The predicted octanol–water partition coefficient (Wildman–Crippen LogP) is 2.71. The van der Waals surface area contributed by atoms with Crippen molar-refractivity contribution in [2.45, 2.75) is 31.6 Å². The molecule has 20 heavy (non-hydrogen) atoms. The highest BCUT2D eigenvalue weighted by Crippen LogP contribution is 2.36. The Morgan fingerprint density at radius 3 is 2.60 bits per heavy atom. The minimum Gasteiger partial charge on any atom is -0.296 e. The Morgan fingerprint density at radius 2 is 2.05 bits per heavy atom. The number of carbonyl (C=O) groups excluding carboxylic acids is 2. The second-order valence-electron chi connectivity index (χ2n) is 4.83. The van der Waals surface area contributed by atoms with Crippen LogP contribution in [0.25, 0.3) is 0 Å². The van der Waals surface area contributed by atoms with Crippen LogP contribution in [0.2, 0.25) is 0 Å². The van der Waals surface area contributed by atoms with Gasteiger partial charge in [-0.25, -0.2) is 0 Å². The molecule has 0 spiro atoms. The zero-order valence-corrected chi connectivity index (χ0v) is 12.1. The van der Waals surface area contributed by atoms with E-state index in [9.17, 15) is 9.59 Å². The summed E-state index contributed by atoms with van der Waals surface area (Å²) in [5.74, 6) is -0.0267. The highest BCUT2D eigenvalue weighted by atomic mass is 35.5. The molecular weight excluding hydrogens is 276 g/mol. The normalized spacial score (nSPS) is 23.1. The van der Waals surface area contributed by atoms with Gasteiger partial charge in [-0.2, -0.15) is 0 Å². The molecule has 1 aromatic rings. The van der Waals surface area contributed by atoms with Crippen LogP contribution in [0.15, 0.2) is 29.3 Å². The highest BCUT2D eigenvalue weighted by Gasteiger charge is 2.42. The van der Waals surface area contributed by atoms with Gasteiger partial charge in [0.1, 0.15) is 0 Å². The summed E-state index contributed by atoms with van der Waals surface area (Å²) in [4.78, 5) is 27.7. The van der Waals surface area contributed by atoms with E-state index in [0.717, 1.165) is 11.3 Å². The summed E-state index contributed by atoms with van der Waals surface area (Å²) in [5.41, 5.74) is 1.12. The van der Waals surface area contributed by atoms with Gasteiger partial charge in [0, 0.05) is 12.6 Å². The molecule has 1 aliphatic rings. The standard InChI is InChI=1S/C15H17ClN2O2/c1-2-15(8-7-13(19)18-14(15)20)11-3-5-12(6-4-11)17-10-9-16/h3-6,10H,2,7-9H2,1H3,(H,18,19,20)/t15-/m0/s1. The number of imide groups is 1. The molecule has 0 bridgehead atoms. The van der Waals surface area contributed by atoms with Gasteiger partial charge in [0.05, 0.1) is 17.0 Å². The molecule has 0 aromatic heterocycles. The van der Waals surface area contributed by atoms with Crippen LogP contribution in [0, 0.1) is 0 Å². The fourth-order valence-corrected chi connectivity index (χ4v) is 2.64. The summed E-state index contributed by atoms with van der Waals surface area (Å²) in [6.45, 7) is 1.97. The van der Waals surface area contributed by atoms with Crippen molar-refractivity contribution in [2.75, 3.05) is 5.88 Å². The molecule has 1 N–H and O–H groups in total. The maximum atomic E-state index is 12.2.